The molecule has 2 aromatic rings. The maximum Gasteiger partial charge on any atom is 0.107 e. The molecule has 0 saturated carbocycles. The number of aromatic nitrogens is 2. The van der Waals surface area contributed by atoms with Gasteiger partial charge in [0.1, 0.15) is 5.82 Å². The van der Waals surface area contributed by atoms with Crippen molar-refractivity contribution in [3.05, 3.63) is 52.6 Å². The van der Waals surface area contributed by atoms with Gasteiger partial charge in [-0.25, -0.2) is 4.98 Å². The summed E-state index contributed by atoms with van der Waals surface area (Å²) in [7, 11) is 0. The first-order chi connectivity index (χ1) is 9.22. The highest BCUT2D eigenvalue weighted by molar-refractivity contribution is 6.31. The number of hydrogen-bond acceptors (Lipinski definition) is 2. The molecular formula is C15H20ClN3. The lowest BCUT2D eigenvalue weighted by Gasteiger charge is -2.20. The SMILES string of the molecule is CCCNC(Cc1ncc[nH]1)c1cccc(Cl)c1C. The minimum absolute atomic E-state index is 0.241. The van der Waals surface area contributed by atoms with Crippen molar-refractivity contribution in [1.29, 1.82) is 0 Å². The predicted molar refractivity (Wildman–Crippen MR) is 79.5 cm³/mol. The number of H-pyrrole nitrogens is 1. The van der Waals surface area contributed by atoms with Crippen LogP contribution < -0.4 is 5.32 Å². The Morgan fingerprint density at radius 1 is 1.42 bits per heavy atom. The summed E-state index contributed by atoms with van der Waals surface area (Å²) in [4.78, 5) is 7.48. The summed E-state index contributed by atoms with van der Waals surface area (Å²) in [6.07, 6.45) is 5.59. The molecule has 0 radical (unpaired) electrons. The molecule has 0 bridgehead atoms. The molecule has 0 saturated heterocycles. The summed E-state index contributed by atoms with van der Waals surface area (Å²) in [5.41, 5.74) is 2.39. The fraction of sp³-hybridized carbons (Fsp3) is 0.400. The van der Waals surface area contributed by atoms with E-state index >= 15 is 0 Å². The highest BCUT2D eigenvalue weighted by Crippen LogP contribution is 2.26. The Balaban J connectivity index is 2.23. The van der Waals surface area contributed by atoms with Crippen molar-refractivity contribution in [1.82, 2.24) is 15.3 Å². The molecule has 1 aromatic heterocycles. The molecule has 19 heavy (non-hydrogen) atoms. The maximum atomic E-state index is 6.22. The third-order valence-corrected chi connectivity index (χ3v) is 3.69. The Kier molecular flexibility index (Phi) is 5.00. The fourth-order valence-corrected chi connectivity index (χ4v) is 2.40. The van der Waals surface area contributed by atoms with Gasteiger partial charge in [-0.3, -0.25) is 0 Å². The summed E-state index contributed by atoms with van der Waals surface area (Å²) in [6, 6.07) is 6.32. The number of rotatable bonds is 6. The van der Waals surface area contributed by atoms with E-state index < -0.39 is 0 Å². The lowest BCUT2D eigenvalue weighted by Crippen LogP contribution is -2.25. The van der Waals surface area contributed by atoms with Gasteiger partial charge in [-0.1, -0.05) is 30.7 Å². The second-order valence-corrected chi connectivity index (χ2v) is 5.11. The largest absolute Gasteiger partial charge is 0.349 e. The summed E-state index contributed by atoms with van der Waals surface area (Å²) in [6.45, 7) is 5.22. The zero-order valence-electron chi connectivity index (χ0n) is 11.4. The zero-order chi connectivity index (χ0) is 13.7. The summed E-state index contributed by atoms with van der Waals surface area (Å²) >= 11 is 6.22. The van der Waals surface area contributed by atoms with Gasteiger partial charge in [0.05, 0.1) is 0 Å². The zero-order valence-corrected chi connectivity index (χ0v) is 12.2. The molecule has 0 amide bonds. The quantitative estimate of drug-likeness (QED) is 0.846. The van der Waals surface area contributed by atoms with E-state index in [9.17, 15) is 0 Å². The van der Waals surface area contributed by atoms with Crippen LogP contribution in [-0.2, 0) is 6.42 Å². The van der Waals surface area contributed by atoms with Crippen LogP contribution in [0.1, 0.15) is 36.3 Å². The molecule has 0 aliphatic rings. The van der Waals surface area contributed by atoms with E-state index in [4.69, 9.17) is 11.6 Å². The molecule has 3 nitrogen and oxygen atoms in total. The molecule has 2 N–H and O–H groups in total. The first kappa shape index (κ1) is 14.1. The van der Waals surface area contributed by atoms with E-state index in [-0.39, 0.29) is 6.04 Å². The molecule has 0 spiro atoms. The lowest BCUT2D eigenvalue weighted by molar-refractivity contribution is 0.518. The summed E-state index contributed by atoms with van der Waals surface area (Å²) in [5, 5.41) is 4.39. The number of hydrogen-bond donors (Lipinski definition) is 2. The van der Waals surface area contributed by atoms with Crippen LogP contribution in [0.3, 0.4) is 0 Å². The van der Waals surface area contributed by atoms with Crippen LogP contribution in [-0.4, -0.2) is 16.5 Å². The highest BCUT2D eigenvalue weighted by atomic mass is 35.5. The molecule has 102 valence electrons. The van der Waals surface area contributed by atoms with Crippen LogP contribution in [0, 0.1) is 6.92 Å². The lowest BCUT2D eigenvalue weighted by atomic mass is 9.98. The van der Waals surface area contributed by atoms with E-state index in [1.165, 1.54) is 5.56 Å². The fourth-order valence-electron chi connectivity index (χ4n) is 2.22. The van der Waals surface area contributed by atoms with Crippen molar-refractivity contribution in [3.8, 4) is 0 Å². The van der Waals surface area contributed by atoms with Gasteiger partial charge < -0.3 is 10.3 Å². The van der Waals surface area contributed by atoms with E-state index in [0.717, 1.165) is 35.8 Å². The molecule has 0 aliphatic carbocycles. The number of nitrogens with one attached hydrogen (secondary N) is 2. The molecule has 4 heteroatoms. The molecule has 1 unspecified atom stereocenters. The molecular weight excluding hydrogens is 258 g/mol. The van der Waals surface area contributed by atoms with E-state index in [0.29, 0.717) is 0 Å². The van der Waals surface area contributed by atoms with E-state index in [1.807, 2.05) is 18.3 Å². The Bertz CT molecular complexity index is 508. The van der Waals surface area contributed by atoms with Crippen molar-refractivity contribution in [2.75, 3.05) is 6.54 Å². The van der Waals surface area contributed by atoms with Crippen LogP contribution in [0.25, 0.3) is 0 Å². The Labute approximate surface area is 119 Å². The van der Waals surface area contributed by atoms with Gasteiger partial charge in [0.2, 0.25) is 0 Å². The van der Waals surface area contributed by atoms with Crippen molar-refractivity contribution >= 4 is 11.6 Å². The van der Waals surface area contributed by atoms with Gasteiger partial charge in [-0.05, 0) is 37.1 Å². The van der Waals surface area contributed by atoms with Crippen LogP contribution in [0.2, 0.25) is 5.02 Å². The van der Waals surface area contributed by atoms with Gasteiger partial charge in [-0.15, -0.1) is 0 Å². The topological polar surface area (TPSA) is 40.7 Å². The Hall–Kier alpha value is -1.32. The number of aromatic amines is 1. The smallest absolute Gasteiger partial charge is 0.107 e. The third kappa shape index (κ3) is 3.58. The molecule has 1 heterocycles. The number of halogens is 1. The first-order valence-electron chi connectivity index (χ1n) is 6.69. The first-order valence-corrected chi connectivity index (χ1v) is 7.06. The van der Waals surface area contributed by atoms with Crippen molar-refractivity contribution in [2.24, 2.45) is 0 Å². The van der Waals surface area contributed by atoms with Gasteiger partial charge >= 0.3 is 0 Å². The molecule has 0 fully saturated rings. The average Bonchev–Trinajstić information content (AvgIpc) is 2.91. The van der Waals surface area contributed by atoms with Gasteiger partial charge in [0, 0.05) is 29.9 Å². The van der Waals surface area contributed by atoms with Gasteiger partial charge in [0.15, 0.2) is 0 Å². The third-order valence-electron chi connectivity index (χ3n) is 3.28. The Morgan fingerprint density at radius 2 is 2.26 bits per heavy atom. The molecule has 0 aliphatic heterocycles. The predicted octanol–water partition coefficient (Wildman–Crippen LogP) is 3.65. The van der Waals surface area contributed by atoms with Crippen LogP contribution >= 0.6 is 11.6 Å². The number of imidazole rings is 1. The van der Waals surface area contributed by atoms with Crippen LogP contribution in [0.5, 0.6) is 0 Å². The second kappa shape index (κ2) is 6.73. The van der Waals surface area contributed by atoms with Crippen molar-refractivity contribution in [2.45, 2.75) is 32.7 Å². The molecule has 1 atom stereocenters. The van der Waals surface area contributed by atoms with Crippen LogP contribution in [0.15, 0.2) is 30.6 Å². The average molecular weight is 278 g/mol. The monoisotopic (exact) mass is 277 g/mol. The minimum atomic E-state index is 0.241. The van der Waals surface area contributed by atoms with Gasteiger partial charge in [0.25, 0.3) is 0 Å². The minimum Gasteiger partial charge on any atom is -0.349 e. The van der Waals surface area contributed by atoms with Crippen molar-refractivity contribution < 1.29 is 0 Å². The van der Waals surface area contributed by atoms with E-state index in [2.05, 4.69) is 35.2 Å². The molecule has 1 aromatic carbocycles. The Morgan fingerprint density at radius 3 is 2.95 bits per heavy atom. The molecule has 2 rings (SSSR count). The summed E-state index contributed by atoms with van der Waals surface area (Å²) in [5.74, 6) is 0.993. The van der Waals surface area contributed by atoms with Gasteiger partial charge in [-0.2, -0.15) is 0 Å². The summed E-state index contributed by atoms with van der Waals surface area (Å²) < 4.78 is 0. The van der Waals surface area contributed by atoms with Crippen molar-refractivity contribution in [3.63, 3.8) is 0 Å². The number of benzene rings is 1. The van der Waals surface area contributed by atoms with E-state index in [1.54, 1.807) is 6.20 Å². The number of nitrogens with zero attached hydrogens (tertiary/aromatic N) is 1. The standard InChI is InChI=1S/C15H20ClN3/c1-3-7-17-14(10-15-18-8-9-19-15)12-5-4-6-13(16)11(12)2/h4-6,8-9,14,17H,3,7,10H2,1-2H3,(H,18,19). The second-order valence-electron chi connectivity index (χ2n) is 4.70. The normalized spacial score (nSPS) is 12.6. The maximum absolute atomic E-state index is 6.22. The highest BCUT2D eigenvalue weighted by Gasteiger charge is 2.16. The van der Waals surface area contributed by atoms with Crippen LogP contribution in [0.4, 0.5) is 0 Å².